The Hall–Kier alpha value is -0.930. The third-order valence-corrected chi connectivity index (χ3v) is 2.34. The molecule has 0 saturated heterocycles. The summed E-state index contributed by atoms with van der Waals surface area (Å²) in [5.41, 5.74) is 7.40. The van der Waals surface area contributed by atoms with Crippen LogP contribution in [0.25, 0.3) is 0 Å². The number of nitrogens with one attached hydrogen (secondary N) is 1. The second-order valence-electron chi connectivity index (χ2n) is 3.67. The maximum Gasteiger partial charge on any atom is 0.0575 e. The van der Waals surface area contributed by atoms with Crippen molar-refractivity contribution in [1.29, 1.82) is 0 Å². The Balaban J connectivity index is 2.50. The molecule has 0 radical (unpaired) electrons. The summed E-state index contributed by atoms with van der Waals surface area (Å²) in [4.78, 5) is 0. The lowest BCUT2D eigenvalue weighted by Gasteiger charge is -2.14. The molecule has 3 N–H and O–H groups in total. The number of hydrogen-bond acceptors (Lipinski definition) is 3. The van der Waals surface area contributed by atoms with Gasteiger partial charge in [-0.1, -0.05) is 18.5 Å². The van der Waals surface area contributed by atoms with E-state index in [1.54, 1.807) is 13.2 Å². The number of methoxy groups -OCH3 is 1. The average molecular weight is 229 g/mol. The molecule has 0 heterocycles. The molecule has 84 valence electrons. The van der Waals surface area contributed by atoms with Gasteiger partial charge in [0.25, 0.3) is 0 Å². The highest BCUT2D eigenvalue weighted by molar-refractivity contribution is 6.31. The van der Waals surface area contributed by atoms with Crippen molar-refractivity contribution >= 4 is 23.0 Å². The first-order valence-corrected chi connectivity index (χ1v) is 5.29. The lowest BCUT2D eigenvalue weighted by atomic mass is 10.2. The van der Waals surface area contributed by atoms with Crippen LogP contribution in [-0.2, 0) is 4.74 Å². The van der Waals surface area contributed by atoms with Crippen LogP contribution in [0.2, 0.25) is 5.02 Å². The SMILES string of the molecule is COCC(C)CNc1ccc(Cl)cc1N. The van der Waals surface area contributed by atoms with Gasteiger partial charge in [-0.25, -0.2) is 0 Å². The minimum atomic E-state index is 0.449. The Morgan fingerprint density at radius 2 is 2.27 bits per heavy atom. The number of halogens is 1. The van der Waals surface area contributed by atoms with E-state index in [1.807, 2.05) is 12.1 Å². The van der Waals surface area contributed by atoms with Gasteiger partial charge in [0.15, 0.2) is 0 Å². The van der Waals surface area contributed by atoms with Crippen molar-refractivity contribution in [2.24, 2.45) is 5.92 Å². The topological polar surface area (TPSA) is 47.3 Å². The van der Waals surface area contributed by atoms with Crippen LogP contribution >= 0.6 is 11.6 Å². The molecule has 1 atom stereocenters. The zero-order chi connectivity index (χ0) is 11.3. The predicted molar refractivity (Wildman–Crippen MR) is 65.4 cm³/mol. The molecule has 0 aliphatic carbocycles. The first kappa shape index (κ1) is 12.1. The quantitative estimate of drug-likeness (QED) is 0.762. The van der Waals surface area contributed by atoms with Crippen molar-refractivity contribution in [1.82, 2.24) is 0 Å². The Bertz CT molecular complexity index is 317. The van der Waals surface area contributed by atoms with Crippen LogP contribution in [0.3, 0.4) is 0 Å². The fraction of sp³-hybridized carbons (Fsp3) is 0.455. The van der Waals surface area contributed by atoms with Gasteiger partial charge in [-0.05, 0) is 24.1 Å². The molecule has 4 heteroatoms. The number of benzene rings is 1. The molecular weight excluding hydrogens is 212 g/mol. The van der Waals surface area contributed by atoms with Crippen molar-refractivity contribution < 1.29 is 4.74 Å². The van der Waals surface area contributed by atoms with Crippen molar-refractivity contribution in [3.8, 4) is 0 Å². The van der Waals surface area contributed by atoms with Crippen LogP contribution in [-0.4, -0.2) is 20.3 Å². The van der Waals surface area contributed by atoms with E-state index in [-0.39, 0.29) is 0 Å². The van der Waals surface area contributed by atoms with Gasteiger partial charge in [-0.15, -0.1) is 0 Å². The van der Waals surface area contributed by atoms with Crippen LogP contribution in [0.5, 0.6) is 0 Å². The summed E-state index contributed by atoms with van der Waals surface area (Å²) in [7, 11) is 1.70. The standard InChI is InChI=1S/C11H17ClN2O/c1-8(7-15-2)6-14-11-4-3-9(12)5-10(11)13/h3-5,8,14H,6-7,13H2,1-2H3. The van der Waals surface area contributed by atoms with E-state index in [9.17, 15) is 0 Å². The second-order valence-corrected chi connectivity index (χ2v) is 4.11. The molecule has 0 aliphatic rings. The molecule has 1 aromatic rings. The van der Waals surface area contributed by atoms with Gasteiger partial charge in [0.1, 0.15) is 0 Å². The lowest BCUT2D eigenvalue weighted by molar-refractivity contribution is 0.164. The Labute approximate surface area is 95.6 Å². The van der Waals surface area contributed by atoms with Gasteiger partial charge in [0.05, 0.1) is 18.0 Å². The molecule has 0 amide bonds. The van der Waals surface area contributed by atoms with E-state index in [0.29, 0.717) is 16.6 Å². The van der Waals surface area contributed by atoms with E-state index in [1.165, 1.54) is 0 Å². The number of anilines is 2. The van der Waals surface area contributed by atoms with E-state index >= 15 is 0 Å². The van der Waals surface area contributed by atoms with Crippen LogP contribution < -0.4 is 11.1 Å². The highest BCUT2D eigenvalue weighted by atomic mass is 35.5. The smallest absolute Gasteiger partial charge is 0.0575 e. The monoisotopic (exact) mass is 228 g/mol. The number of nitrogen functional groups attached to an aromatic ring is 1. The number of hydrogen-bond donors (Lipinski definition) is 2. The fourth-order valence-corrected chi connectivity index (χ4v) is 1.50. The van der Waals surface area contributed by atoms with Gasteiger partial charge in [-0.3, -0.25) is 0 Å². The molecule has 0 spiro atoms. The van der Waals surface area contributed by atoms with Crippen LogP contribution in [0.1, 0.15) is 6.92 Å². The molecule has 1 unspecified atom stereocenters. The summed E-state index contributed by atoms with van der Waals surface area (Å²) in [5, 5.41) is 3.92. The Morgan fingerprint density at radius 1 is 1.53 bits per heavy atom. The minimum Gasteiger partial charge on any atom is -0.397 e. The van der Waals surface area contributed by atoms with Crippen molar-refractivity contribution in [3.63, 3.8) is 0 Å². The molecule has 1 aromatic carbocycles. The summed E-state index contributed by atoms with van der Waals surface area (Å²) in [6.07, 6.45) is 0. The average Bonchev–Trinajstić information content (AvgIpc) is 2.17. The number of rotatable bonds is 5. The largest absolute Gasteiger partial charge is 0.397 e. The maximum atomic E-state index is 5.80. The van der Waals surface area contributed by atoms with Crippen LogP contribution in [0, 0.1) is 5.92 Å². The zero-order valence-electron chi connectivity index (χ0n) is 9.09. The fourth-order valence-electron chi connectivity index (χ4n) is 1.32. The molecule has 0 fully saturated rings. The van der Waals surface area contributed by atoms with E-state index in [0.717, 1.165) is 18.8 Å². The Morgan fingerprint density at radius 3 is 2.87 bits per heavy atom. The maximum absolute atomic E-state index is 5.80. The summed E-state index contributed by atoms with van der Waals surface area (Å²) < 4.78 is 5.05. The molecule has 0 aliphatic heterocycles. The molecule has 0 bridgehead atoms. The van der Waals surface area contributed by atoms with Gasteiger partial charge in [0.2, 0.25) is 0 Å². The molecule has 0 aromatic heterocycles. The summed E-state index contributed by atoms with van der Waals surface area (Å²) in [6, 6.07) is 5.45. The second kappa shape index (κ2) is 5.83. The first-order valence-electron chi connectivity index (χ1n) is 4.91. The lowest BCUT2D eigenvalue weighted by Crippen LogP contribution is -2.16. The number of nitrogens with two attached hydrogens (primary N) is 1. The van der Waals surface area contributed by atoms with Gasteiger partial charge in [-0.2, -0.15) is 0 Å². The third-order valence-electron chi connectivity index (χ3n) is 2.11. The van der Waals surface area contributed by atoms with Crippen LogP contribution in [0.15, 0.2) is 18.2 Å². The van der Waals surface area contributed by atoms with E-state index in [2.05, 4.69) is 12.2 Å². The highest BCUT2D eigenvalue weighted by Crippen LogP contribution is 2.22. The van der Waals surface area contributed by atoms with Crippen molar-refractivity contribution in [3.05, 3.63) is 23.2 Å². The van der Waals surface area contributed by atoms with Gasteiger partial charge in [0, 0.05) is 18.7 Å². The molecular formula is C11H17ClN2O. The van der Waals surface area contributed by atoms with Crippen molar-refractivity contribution in [2.45, 2.75) is 6.92 Å². The Kier molecular flexibility index (Phi) is 4.72. The number of ether oxygens (including phenoxy) is 1. The van der Waals surface area contributed by atoms with Crippen molar-refractivity contribution in [2.75, 3.05) is 31.3 Å². The van der Waals surface area contributed by atoms with Crippen LogP contribution in [0.4, 0.5) is 11.4 Å². The van der Waals surface area contributed by atoms with E-state index in [4.69, 9.17) is 22.1 Å². The molecule has 0 saturated carbocycles. The third kappa shape index (κ3) is 3.98. The van der Waals surface area contributed by atoms with Gasteiger partial charge >= 0.3 is 0 Å². The summed E-state index contributed by atoms with van der Waals surface area (Å²) >= 11 is 5.80. The highest BCUT2D eigenvalue weighted by Gasteiger charge is 2.03. The molecule has 3 nitrogen and oxygen atoms in total. The molecule has 1 rings (SSSR count). The zero-order valence-corrected chi connectivity index (χ0v) is 9.84. The summed E-state index contributed by atoms with van der Waals surface area (Å²) in [5.74, 6) is 0.449. The molecule has 15 heavy (non-hydrogen) atoms. The first-order chi connectivity index (χ1) is 7.13. The predicted octanol–water partition coefficient (Wildman–Crippen LogP) is 2.62. The van der Waals surface area contributed by atoms with E-state index < -0.39 is 0 Å². The van der Waals surface area contributed by atoms with Gasteiger partial charge < -0.3 is 15.8 Å². The minimum absolute atomic E-state index is 0.449. The summed E-state index contributed by atoms with van der Waals surface area (Å²) in [6.45, 7) is 3.68. The normalized spacial score (nSPS) is 12.5.